The van der Waals surface area contributed by atoms with Crippen LogP contribution in [-0.2, 0) is 0 Å². The molecular weight excluding hydrogens is 252 g/mol. The van der Waals surface area contributed by atoms with Gasteiger partial charge in [0.2, 0.25) is 0 Å². The first kappa shape index (κ1) is 15.6. The number of nitrogens with zero attached hydrogens (tertiary/aromatic N) is 4. The molecule has 0 spiro atoms. The smallest absolute Gasteiger partial charge is 0.356 e. The van der Waals surface area contributed by atoms with E-state index in [0.29, 0.717) is 16.2 Å². The molecule has 1 aromatic heterocycles. The van der Waals surface area contributed by atoms with Crippen LogP contribution >= 0.6 is 0 Å². The van der Waals surface area contributed by atoms with Gasteiger partial charge in [-0.25, -0.2) is 4.73 Å². The van der Waals surface area contributed by atoms with E-state index in [-0.39, 0.29) is 7.43 Å². The van der Waals surface area contributed by atoms with Crippen LogP contribution in [0.15, 0.2) is 52.8 Å². The Morgan fingerprint density at radius 1 is 1.05 bits per heavy atom. The van der Waals surface area contributed by atoms with E-state index in [4.69, 9.17) is 0 Å². The highest BCUT2D eigenvalue weighted by atomic mass is 16.5. The average molecular weight is 272 g/mol. The fraction of sp³-hybridized carbons (Fsp3) is 0.267. The molecule has 0 aliphatic heterocycles. The summed E-state index contributed by atoms with van der Waals surface area (Å²) in [6.07, 6.45) is 1.41. The molecule has 0 radical (unpaired) electrons. The van der Waals surface area contributed by atoms with Gasteiger partial charge in [0, 0.05) is 25.3 Å². The lowest BCUT2D eigenvalue weighted by atomic mass is 10.3. The fourth-order valence-corrected chi connectivity index (χ4v) is 1.63. The van der Waals surface area contributed by atoms with Crippen LogP contribution in [-0.4, -0.2) is 14.1 Å². The number of azo groups is 1. The van der Waals surface area contributed by atoms with Gasteiger partial charge in [-0.2, -0.15) is 0 Å². The monoisotopic (exact) mass is 272 g/mol. The molecule has 1 heterocycles. The van der Waals surface area contributed by atoms with Crippen molar-refractivity contribution in [2.45, 2.75) is 14.4 Å². The summed E-state index contributed by atoms with van der Waals surface area (Å²) in [6.45, 7) is 1.83. The summed E-state index contributed by atoms with van der Waals surface area (Å²) in [5.41, 5.74) is 2.61. The largest absolute Gasteiger partial charge is 0.710 e. The summed E-state index contributed by atoms with van der Waals surface area (Å²) >= 11 is 0. The number of aromatic nitrogens is 1. The van der Waals surface area contributed by atoms with Gasteiger partial charge >= 0.3 is 5.82 Å². The van der Waals surface area contributed by atoms with Crippen molar-refractivity contribution in [2.24, 2.45) is 10.2 Å². The van der Waals surface area contributed by atoms with Crippen LogP contribution in [0.5, 0.6) is 0 Å². The number of anilines is 1. The van der Waals surface area contributed by atoms with E-state index in [1.54, 1.807) is 6.07 Å². The van der Waals surface area contributed by atoms with E-state index in [2.05, 4.69) is 10.2 Å². The third kappa shape index (κ3) is 3.54. The highest BCUT2D eigenvalue weighted by molar-refractivity contribution is 5.51. The highest BCUT2D eigenvalue weighted by Crippen LogP contribution is 2.21. The van der Waals surface area contributed by atoms with Gasteiger partial charge in [-0.15, -0.1) is 0 Å². The second-order valence-corrected chi connectivity index (χ2v) is 4.45. The molecule has 0 fully saturated rings. The summed E-state index contributed by atoms with van der Waals surface area (Å²) in [6, 6.07) is 11.2. The molecule has 0 aliphatic carbocycles. The molecule has 1 aromatic carbocycles. The molecule has 0 atom stereocenters. The second kappa shape index (κ2) is 6.65. The Bertz CT molecular complexity index is 571. The van der Waals surface area contributed by atoms with E-state index in [1.165, 1.54) is 6.20 Å². The molecule has 0 N–H and O–H groups in total. The summed E-state index contributed by atoms with van der Waals surface area (Å²) < 4.78 is 0.715. The van der Waals surface area contributed by atoms with Crippen LogP contribution < -0.4 is 9.63 Å². The summed E-state index contributed by atoms with van der Waals surface area (Å²) in [5.74, 6) is 0.319. The zero-order valence-electron chi connectivity index (χ0n) is 11.2. The van der Waals surface area contributed by atoms with Crippen LogP contribution in [0, 0.1) is 12.1 Å². The summed E-state index contributed by atoms with van der Waals surface area (Å²) in [4.78, 5) is 2.01. The zero-order valence-corrected chi connectivity index (χ0v) is 11.2. The second-order valence-electron chi connectivity index (χ2n) is 4.45. The molecule has 0 amide bonds. The van der Waals surface area contributed by atoms with Crippen LogP contribution in [0.25, 0.3) is 0 Å². The Balaban J connectivity index is 0.00000200. The van der Waals surface area contributed by atoms with Crippen LogP contribution in [0.3, 0.4) is 0 Å². The predicted molar refractivity (Wildman–Crippen MR) is 81.8 cm³/mol. The van der Waals surface area contributed by atoms with Crippen molar-refractivity contribution < 1.29 is 4.73 Å². The Labute approximate surface area is 119 Å². The van der Waals surface area contributed by atoms with Crippen LogP contribution in [0.2, 0.25) is 0 Å². The standard InChI is InChI=1S/C14H16N4O.CH4/c1-11-5-4-10-18(19)14(11)16-15-12-6-8-13(9-7-12)17(2)3;/h4-10H,1-3H3;1H4. The Kier molecular flexibility index (Phi) is 5.20. The van der Waals surface area contributed by atoms with Crippen molar-refractivity contribution >= 4 is 17.2 Å². The van der Waals surface area contributed by atoms with Crippen molar-refractivity contribution in [3.8, 4) is 0 Å². The van der Waals surface area contributed by atoms with Gasteiger partial charge in [-0.1, -0.05) is 7.43 Å². The number of hydrogen-bond acceptors (Lipinski definition) is 4. The number of rotatable bonds is 3. The first-order valence-corrected chi connectivity index (χ1v) is 5.96. The SMILES string of the molecule is C.Cc1ccc[n+]([O-])c1N=Nc1ccc(N(C)C)cc1. The molecular formula is C15H20N4O. The maximum atomic E-state index is 11.6. The molecule has 0 unspecified atom stereocenters. The quantitative estimate of drug-likeness (QED) is 0.485. The normalized spacial score (nSPS) is 10.3. The third-order valence-electron chi connectivity index (χ3n) is 2.76. The van der Waals surface area contributed by atoms with Gasteiger partial charge < -0.3 is 10.1 Å². The van der Waals surface area contributed by atoms with Crippen LogP contribution in [0.1, 0.15) is 13.0 Å². The maximum Gasteiger partial charge on any atom is 0.356 e. The van der Waals surface area contributed by atoms with E-state index in [1.807, 2.05) is 56.3 Å². The first-order valence-electron chi connectivity index (χ1n) is 5.96. The molecule has 0 aliphatic rings. The van der Waals surface area contributed by atoms with Crippen molar-refractivity contribution in [3.05, 3.63) is 53.4 Å². The maximum absolute atomic E-state index is 11.6. The number of benzene rings is 1. The van der Waals surface area contributed by atoms with Gasteiger partial charge in [0.05, 0.1) is 11.3 Å². The molecule has 0 bridgehead atoms. The molecule has 106 valence electrons. The van der Waals surface area contributed by atoms with Gasteiger partial charge in [0.1, 0.15) is 5.69 Å². The van der Waals surface area contributed by atoms with Gasteiger partial charge in [0.25, 0.3) is 0 Å². The van der Waals surface area contributed by atoms with Crippen molar-refractivity contribution in [1.29, 1.82) is 0 Å². The number of pyridine rings is 1. The molecule has 5 heteroatoms. The predicted octanol–water partition coefficient (Wildman–Crippen LogP) is 3.75. The van der Waals surface area contributed by atoms with Gasteiger partial charge in [-0.3, -0.25) is 0 Å². The minimum absolute atomic E-state index is 0. The van der Waals surface area contributed by atoms with E-state index >= 15 is 0 Å². The summed E-state index contributed by atoms with van der Waals surface area (Å²) in [5, 5.41) is 19.7. The van der Waals surface area contributed by atoms with Crippen molar-refractivity contribution in [3.63, 3.8) is 0 Å². The topological polar surface area (TPSA) is 54.9 Å². The van der Waals surface area contributed by atoms with Crippen LogP contribution in [0.4, 0.5) is 17.2 Å². The third-order valence-corrected chi connectivity index (χ3v) is 2.76. The van der Waals surface area contributed by atoms with Crippen molar-refractivity contribution in [2.75, 3.05) is 19.0 Å². The lowest BCUT2D eigenvalue weighted by Gasteiger charge is -2.11. The Morgan fingerprint density at radius 3 is 2.25 bits per heavy atom. The Morgan fingerprint density at radius 2 is 1.70 bits per heavy atom. The lowest BCUT2D eigenvalue weighted by Crippen LogP contribution is -2.25. The first-order chi connectivity index (χ1) is 9.08. The van der Waals surface area contributed by atoms with Gasteiger partial charge in [0.15, 0.2) is 0 Å². The average Bonchev–Trinajstić information content (AvgIpc) is 2.38. The Hall–Kier alpha value is -2.43. The minimum Gasteiger partial charge on any atom is -0.710 e. The summed E-state index contributed by atoms with van der Waals surface area (Å²) in [7, 11) is 3.95. The van der Waals surface area contributed by atoms with E-state index < -0.39 is 0 Å². The molecule has 0 saturated heterocycles. The number of hydrogen-bond donors (Lipinski definition) is 0. The fourth-order valence-electron chi connectivity index (χ4n) is 1.63. The van der Waals surface area contributed by atoms with E-state index in [9.17, 15) is 5.21 Å². The van der Waals surface area contributed by atoms with Gasteiger partial charge in [-0.05, 0) is 48.4 Å². The molecule has 2 rings (SSSR count). The molecule has 0 saturated carbocycles. The molecule has 2 aromatic rings. The van der Waals surface area contributed by atoms with E-state index in [0.717, 1.165) is 11.3 Å². The molecule has 5 nitrogen and oxygen atoms in total. The lowest BCUT2D eigenvalue weighted by molar-refractivity contribution is -0.592. The highest BCUT2D eigenvalue weighted by Gasteiger charge is 2.08. The molecule has 20 heavy (non-hydrogen) atoms. The van der Waals surface area contributed by atoms with Crippen molar-refractivity contribution in [1.82, 2.24) is 0 Å². The zero-order chi connectivity index (χ0) is 13.8. The number of aryl methyl sites for hydroxylation is 1. The minimum atomic E-state index is 0.